The van der Waals surface area contributed by atoms with Crippen LogP contribution in [0.4, 0.5) is 17.1 Å². The lowest BCUT2D eigenvalue weighted by molar-refractivity contribution is -0.393. The Morgan fingerprint density at radius 3 is 2.54 bits per heavy atom. The van der Waals surface area contributed by atoms with Crippen molar-refractivity contribution in [3.8, 4) is 11.5 Å². The Bertz CT molecular complexity index is 939. The fraction of sp³-hybridized carbons (Fsp3) is 0.0625. The topological polar surface area (TPSA) is 134 Å². The van der Waals surface area contributed by atoms with Crippen molar-refractivity contribution in [3.05, 3.63) is 68.3 Å². The van der Waals surface area contributed by atoms with Crippen molar-refractivity contribution in [3.63, 3.8) is 0 Å². The fourth-order valence-corrected chi connectivity index (χ4v) is 2.25. The monoisotopic (exact) mass is 357 g/mol. The zero-order valence-corrected chi connectivity index (χ0v) is 13.1. The number of anilines is 1. The molecule has 0 radical (unpaired) electrons. The van der Waals surface area contributed by atoms with Crippen LogP contribution in [-0.4, -0.2) is 22.5 Å². The number of fused-ring (bicyclic) bond motifs is 1. The summed E-state index contributed by atoms with van der Waals surface area (Å²) in [6.07, 6.45) is 2.68. The van der Waals surface area contributed by atoms with E-state index in [1.807, 2.05) is 0 Å². The molecule has 2 aromatic carbocycles. The average Bonchev–Trinajstić information content (AvgIpc) is 3.07. The predicted molar refractivity (Wildman–Crippen MR) is 90.0 cm³/mol. The second-order valence-electron chi connectivity index (χ2n) is 5.15. The summed E-state index contributed by atoms with van der Waals surface area (Å²) >= 11 is 0. The van der Waals surface area contributed by atoms with Crippen LogP contribution in [0.15, 0.2) is 42.5 Å². The molecule has 0 unspecified atom stereocenters. The smallest absolute Gasteiger partial charge is 0.299 e. The molecule has 1 amide bonds. The normalized spacial score (nSPS) is 12.2. The van der Waals surface area contributed by atoms with E-state index in [4.69, 9.17) is 9.47 Å². The lowest BCUT2D eigenvalue weighted by Gasteiger charge is -2.03. The number of carbonyl (C=O) groups excluding carboxylic acids is 1. The molecule has 0 bridgehead atoms. The third kappa shape index (κ3) is 3.59. The van der Waals surface area contributed by atoms with E-state index >= 15 is 0 Å². The summed E-state index contributed by atoms with van der Waals surface area (Å²) < 4.78 is 10.4. The van der Waals surface area contributed by atoms with Gasteiger partial charge in [0.15, 0.2) is 11.5 Å². The van der Waals surface area contributed by atoms with Crippen LogP contribution < -0.4 is 14.8 Å². The van der Waals surface area contributed by atoms with E-state index in [1.165, 1.54) is 12.2 Å². The largest absolute Gasteiger partial charge is 0.454 e. The van der Waals surface area contributed by atoms with Crippen LogP contribution in [0.25, 0.3) is 6.08 Å². The number of carbonyl (C=O) groups is 1. The highest BCUT2D eigenvalue weighted by atomic mass is 16.7. The van der Waals surface area contributed by atoms with Gasteiger partial charge in [-0.3, -0.25) is 25.0 Å². The number of nitrogens with one attached hydrogen (secondary N) is 1. The van der Waals surface area contributed by atoms with Gasteiger partial charge in [-0.1, -0.05) is 6.07 Å². The Kier molecular flexibility index (Phi) is 4.48. The minimum absolute atomic E-state index is 0.132. The molecule has 0 fully saturated rings. The first-order valence-electron chi connectivity index (χ1n) is 7.25. The molecule has 0 atom stereocenters. The van der Waals surface area contributed by atoms with Crippen molar-refractivity contribution in [2.75, 3.05) is 12.1 Å². The van der Waals surface area contributed by atoms with Crippen LogP contribution in [-0.2, 0) is 4.79 Å². The van der Waals surface area contributed by atoms with E-state index in [2.05, 4.69) is 5.32 Å². The maximum absolute atomic E-state index is 12.0. The first-order valence-corrected chi connectivity index (χ1v) is 7.25. The van der Waals surface area contributed by atoms with Crippen molar-refractivity contribution in [1.82, 2.24) is 0 Å². The molecule has 26 heavy (non-hydrogen) atoms. The quantitative estimate of drug-likeness (QED) is 0.494. The molecule has 1 aliphatic heterocycles. The summed E-state index contributed by atoms with van der Waals surface area (Å²) in [4.78, 5) is 32.2. The van der Waals surface area contributed by atoms with Crippen molar-refractivity contribution >= 4 is 29.0 Å². The van der Waals surface area contributed by atoms with E-state index < -0.39 is 27.1 Å². The second kappa shape index (κ2) is 6.89. The van der Waals surface area contributed by atoms with E-state index in [0.717, 1.165) is 18.2 Å². The van der Waals surface area contributed by atoms with Crippen molar-refractivity contribution < 1.29 is 24.1 Å². The molecule has 1 N–H and O–H groups in total. The second-order valence-corrected chi connectivity index (χ2v) is 5.15. The third-order valence-electron chi connectivity index (χ3n) is 3.47. The number of non-ortho nitro benzene ring substituents is 1. The number of nitrogens with zero attached hydrogens (tertiary/aromatic N) is 2. The molecular formula is C16H11N3O7. The Morgan fingerprint density at radius 1 is 1.04 bits per heavy atom. The van der Waals surface area contributed by atoms with E-state index in [9.17, 15) is 25.0 Å². The number of hydrogen-bond acceptors (Lipinski definition) is 7. The first-order chi connectivity index (χ1) is 12.4. The Morgan fingerprint density at radius 2 is 1.81 bits per heavy atom. The molecule has 3 rings (SSSR count). The Hall–Kier alpha value is -3.95. The van der Waals surface area contributed by atoms with Crippen molar-refractivity contribution in [2.45, 2.75) is 0 Å². The summed E-state index contributed by atoms with van der Waals surface area (Å²) in [5, 5.41) is 24.1. The summed E-state index contributed by atoms with van der Waals surface area (Å²) in [6.45, 7) is 0.132. The van der Waals surface area contributed by atoms with Crippen LogP contribution >= 0.6 is 0 Å². The zero-order valence-electron chi connectivity index (χ0n) is 13.1. The molecule has 10 heteroatoms. The summed E-state index contributed by atoms with van der Waals surface area (Å²) in [5.74, 6) is 0.534. The van der Waals surface area contributed by atoms with Crippen molar-refractivity contribution in [1.29, 1.82) is 0 Å². The highest BCUT2D eigenvalue weighted by Crippen LogP contribution is 2.33. The van der Waals surface area contributed by atoms with Gasteiger partial charge in [-0.15, -0.1) is 0 Å². The molecule has 132 valence electrons. The van der Waals surface area contributed by atoms with Crippen molar-refractivity contribution in [2.24, 2.45) is 0 Å². The fourth-order valence-electron chi connectivity index (χ4n) is 2.25. The van der Waals surface area contributed by atoms with Gasteiger partial charge >= 0.3 is 0 Å². The molecule has 2 aromatic rings. The SMILES string of the molecule is O=C(C=Cc1ccc2c(c1)OCO2)Nc1ccc([N+](=O)[O-])cc1[N+](=O)[O-]. The van der Waals surface area contributed by atoms with Gasteiger partial charge in [0, 0.05) is 12.1 Å². The van der Waals surface area contributed by atoms with Gasteiger partial charge in [-0.2, -0.15) is 0 Å². The molecule has 0 saturated heterocycles. The Balaban J connectivity index is 1.75. The van der Waals surface area contributed by atoms with Gasteiger partial charge in [0.05, 0.1) is 15.9 Å². The van der Waals surface area contributed by atoms with Crippen LogP contribution in [0.2, 0.25) is 0 Å². The summed E-state index contributed by atoms with van der Waals surface area (Å²) in [7, 11) is 0. The number of nitro benzene ring substituents is 2. The molecule has 0 saturated carbocycles. The molecular weight excluding hydrogens is 346 g/mol. The van der Waals surface area contributed by atoms with Gasteiger partial charge in [0.1, 0.15) is 5.69 Å². The van der Waals surface area contributed by atoms with Crippen LogP contribution in [0.5, 0.6) is 11.5 Å². The number of nitro groups is 2. The highest BCUT2D eigenvalue weighted by Gasteiger charge is 2.20. The lowest BCUT2D eigenvalue weighted by Crippen LogP contribution is -2.09. The number of ether oxygens (including phenoxy) is 2. The number of benzene rings is 2. The van der Waals surface area contributed by atoms with Crippen LogP contribution in [0, 0.1) is 20.2 Å². The van der Waals surface area contributed by atoms with E-state index in [1.54, 1.807) is 18.2 Å². The zero-order chi connectivity index (χ0) is 18.7. The average molecular weight is 357 g/mol. The minimum Gasteiger partial charge on any atom is -0.454 e. The minimum atomic E-state index is -0.801. The molecule has 1 aliphatic rings. The van der Waals surface area contributed by atoms with Gasteiger partial charge in [0.2, 0.25) is 12.7 Å². The number of rotatable bonds is 5. The maximum atomic E-state index is 12.0. The predicted octanol–water partition coefficient (Wildman–Crippen LogP) is 2.88. The molecule has 0 aromatic heterocycles. The molecule has 10 nitrogen and oxygen atoms in total. The molecule has 0 spiro atoms. The first kappa shape index (κ1) is 16.9. The van der Waals surface area contributed by atoms with E-state index in [-0.39, 0.29) is 12.5 Å². The molecule has 0 aliphatic carbocycles. The van der Waals surface area contributed by atoms with E-state index in [0.29, 0.717) is 17.1 Å². The van der Waals surface area contributed by atoms with Gasteiger partial charge in [-0.05, 0) is 29.8 Å². The lowest BCUT2D eigenvalue weighted by atomic mass is 10.2. The van der Waals surface area contributed by atoms with Gasteiger partial charge in [-0.25, -0.2) is 0 Å². The number of amides is 1. The maximum Gasteiger partial charge on any atom is 0.299 e. The van der Waals surface area contributed by atoms with Gasteiger partial charge < -0.3 is 14.8 Å². The van der Waals surface area contributed by atoms with Crippen LogP contribution in [0.1, 0.15) is 5.56 Å². The highest BCUT2D eigenvalue weighted by molar-refractivity contribution is 6.03. The van der Waals surface area contributed by atoms with Crippen LogP contribution in [0.3, 0.4) is 0 Å². The molecule has 1 heterocycles. The standard InChI is InChI=1S/C16H11N3O7/c20-16(6-2-10-1-5-14-15(7-10)26-9-25-14)17-12-4-3-11(18(21)22)8-13(12)19(23)24/h1-8H,9H2,(H,17,20). The summed E-state index contributed by atoms with van der Waals surface area (Å²) in [6, 6.07) is 8.07. The number of hydrogen-bond donors (Lipinski definition) is 1. The Labute approximate surface area is 145 Å². The third-order valence-corrected chi connectivity index (χ3v) is 3.47. The van der Waals surface area contributed by atoms with Gasteiger partial charge in [0.25, 0.3) is 11.4 Å². The summed E-state index contributed by atoms with van der Waals surface area (Å²) in [5.41, 5.74) is -0.474.